The Kier molecular flexibility index (Phi) is 5.42. The highest BCUT2D eigenvalue weighted by Crippen LogP contribution is 2.18. The first-order valence-electron chi connectivity index (χ1n) is 6.12. The molecule has 0 atom stereocenters. The molecule has 0 saturated heterocycles. The monoisotopic (exact) mass is 285 g/mol. The molecule has 0 aliphatic heterocycles. The van der Waals surface area contributed by atoms with Crippen molar-refractivity contribution in [3.8, 4) is 0 Å². The number of halogens is 2. The van der Waals surface area contributed by atoms with E-state index in [0.717, 1.165) is 6.07 Å². The van der Waals surface area contributed by atoms with Crippen LogP contribution in [0.15, 0.2) is 17.3 Å². The third kappa shape index (κ3) is 3.43. The summed E-state index contributed by atoms with van der Waals surface area (Å²) in [5, 5.41) is 11.2. The fraction of sp³-hybridized carbons (Fsp3) is 0.385. The average Bonchev–Trinajstić information content (AvgIpc) is 2.43. The summed E-state index contributed by atoms with van der Waals surface area (Å²) < 4.78 is 27.6. The first-order chi connectivity index (χ1) is 9.42. The van der Waals surface area contributed by atoms with Crippen LogP contribution in [0.3, 0.4) is 0 Å². The van der Waals surface area contributed by atoms with Gasteiger partial charge in [0.15, 0.2) is 0 Å². The van der Waals surface area contributed by atoms with E-state index in [-0.39, 0.29) is 30.9 Å². The van der Waals surface area contributed by atoms with E-state index >= 15 is 0 Å². The molecule has 0 spiro atoms. The van der Waals surface area contributed by atoms with Crippen LogP contribution in [0.2, 0.25) is 0 Å². The quantitative estimate of drug-likeness (QED) is 0.375. The maximum absolute atomic E-state index is 13.9. The molecule has 3 N–H and O–H groups in total. The van der Waals surface area contributed by atoms with Crippen LogP contribution in [0.4, 0.5) is 8.78 Å². The number of oxime groups is 1. The Morgan fingerprint density at radius 1 is 1.45 bits per heavy atom. The third-order valence-corrected chi connectivity index (χ3v) is 2.93. The van der Waals surface area contributed by atoms with Crippen molar-refractivity contribution in [3.63, 3.8) is 0 Å². The first kappa shape index (κ1) is 15.9. The highest BCUT2D eigenvalue weighted by molar-refractivity contribution is 5.95. The zero-order valence-corrected chi connectivity index (χ0v) is 11.4. The largest absolute Gasteiger partial charge is 0.409 e. The van der Waals surface area contributed by atoms with Gasteiger partial charge in [-0.1, -0.05) is 11.2 Å². The molecule has 0 aliphatic carbocycles. The molecule has 0 unspecified atom stereocenters. The number of hydrogen-bond acceptors (Lipinski definition) is 3. The summed E-state index contributed by atoms with van der Waals surface area (Å²) in [7, 11) is 0. The Morgan fingerprint density at radius 3 is 2.65 bits per heavy atom. The lowest BCUT2D eigenvalue weighted by molar-refractivity contribution is 0.0758. The van der Waals surface area contributed by atoms with Crippen molar-refractivity contribution in [2.45, 2.75) is 20.3 Å². The summed E-state index contributed by atoms with van der Waals surface area (Å²) in [4.78, 5) is 13.4. The zero-order chi connectivity index (χ0) is 15.3. The topological polar surface area (TPSA) is 78.9 Å². The Labute approximate surface area is 115 Å². The van der Waals surface area contributed by atoms with Crippen molar-refractivity contribution in [2.75, 3.05) is 13.1 Å². The Morgan fingerprint density at radius 2 is 2.10 bits per heavy atom. The molecule has 7 heteroatoms. The number of nitrogens with zero attached hydrogens (tertiary/aromatic N) is 2. The van der Waals surface area contributed by atoms with Crippen LogP contribution >= 0.6 is 0 Å². The van der Waals surface area contributed by atoms with Crippen LogP contribution in [0, 0.1) is 18.6 Å². The van der Waals surface area contributed by atoms with Crippen LogP contribution < -0.4 is 5.73 Å². The van der Waals surface area contributed by atoms with Crippen LogP contribution in [0.1, 0.15) is 29.3 Å². The fourth-order valence-electron chi connectivity index (χ4n) is 1.71. The van der Waals surface area contributed by atoms with Crippen LogP contribution in [0.25, 0.3) is 0 Å². The van der Waals surface area contributed by atoms with Crippen molar-refractivity contribution >= 4 is 11.7 Å². The van der Waals surface area contributed by atoms with Gasteiger partial charge in [0.2, 0.25) is 0 Å². The lowest BCUT2D eigenvalue weighted by atomic mass is 10.1. The van der Waals surface area contributed by atoms with E-state index in [1.54, 1.807) is 6.92 Å². The second-order valence-electron chi connectivity index (χ2n) is 4.28. The number of hydrogen-bond donors (Lipinski definition) is 2. The van der Waals surface area contributed by atoms with Crippen LogP contribution in [-0.4, -0.2) is 34.9 Å². The van der Waals surface area contributed by atoms with Gasteiger partial charge >= 0.3 is 0 Å². The van der Waals surface area contributed by atoms with Gasteiger partial charge in [0.25, 0.3) is 5.91 Å². The normalized spacial score (nSPS) is 11.5. The molecule has 110 valence electrons. The number of benzene rings is 1. The van der Waals surface area contributed by atoms with Gasteiger partial charge in [0.05, 0.1) is 0 Å². The van der Waals surface area contributed by atoms with Crippen molar-refractivity contribution in [1.29, 1.82) is 0 Å². The second kappa shape index (κ2) is 6.83. The predicted octanol–water partition coefficient (Wildman–Crippen LogP) is 1.87. The number of carbonyl (C=O) groups is 1. The van der Waals surface area contributed by atoms with Gasteiger partial charge in [-0.25, -0.2) is 8.78 Å². The van der Waals surface area contributed by atoms with E-state index < -0.39 is 23.1 Å². The minimum absolute atomic E-state index is 0.0542. The highest BCUT2D eigenvalue weighted by atomic mass is 19.1. The molecular weight excluding hydrogens is 268 g/mol. The molecule has 0 saturated carbocycles. The van der Waals surface area contributed by atoms with Gasteiger partial charge in [0.1, 0.15) is 23.0 Å². The Balaban J connectivity index is 3.00. The van der Waals surface area contributed by atoms with E-state index in [4.69, 9.17) is 10.9 Å². The second-order valence-corrected chi connectivity index (χ2v) is 4.28. The summed E-state index contributed by atoms with van der Waals surface area (Å²) in [6.45, 7) is 3.50. The van der Waals surface area contributed by atoms with Crippen LogP contribution in [-0.2, 0) is 0 Å². The molecule has 0 bridgehead atoms. The van der Waals surface area contributed by atoms with E-state index in [1.807, 2.05) is 0 Å². The van der Waals surface area contributed by atoms with Crippen molar-refractivity contribution in [2.24, 2.45) is 10.9 Å². The van der Waals surface area contributed by atoms with E-state index in [1.165, 1.54) is 17.9 Å². The highest BCUT2D eigenvalue weighted by Gasteiger charge is 2.23. The van der Waals surface area contributed by atoms with Gasteiger partial charge in [0, 0.05) is 19.5 Å². The van der Waals surface area contributed by atoms with Gasteiger partial charge in [-0.15, -0.1) is 0 Å². The van der Waals surface area contributed by atoms with Crippen molar-refractivity contribution in [3.05, 3.63) is 34.9 Å². The van der Waals surface area contributed by atoms with Gasteiger partial charge < -0.3 is 15.8 Å². The smallest absolute Gasteiger partial charge is 0.259 e. The fourth-order valence-corrected chi connectivity index (χ4v) is 1.71. The third-order valence-electron chi connectivity index (χ3n) is 2.93. The van der Waals surface area contributed by atoms with Gasteiger partial charge in [-0.2, -0.15) is 0 Å². The molecule has 0 fully saturated rings. The van der Waals surface area contributed by atoms with E-state index in [0.29, 0.717) is 0 Å². The summed E-state index contributed by atoms with van der Waals surface area (Å²) in [5.74, 6) is -2.57. The van der Waals surface area contributed by atoms with Crippen molar-refractivity contribution in [1.82, 2.24) is 4.90 Å². The molecule has 1 amide bonds. The maximum Gasteiger partial charge on any atom is 0.259 e. The summed E-state index contributed by atoms with van der Waals surface area (Å²) in [5.41, 5.74) is 4.93. The number of aryl methyl sites for hydroxylation is 1. The average molecular weight is 285 g/mol. The molecule has 0 aromatic heterocycles. The van der Waals surface area contributed by atoms with E-state index in [9.17, 15) is 13.6 Å². The predicted molar refractivity (Wildman–Crippen MR) is 70.7 cm³/mol. The number of amidine groups is 1. The molecule has 1 aromatic rings. The SMILES string of the molecule is CCN(CC/C(N)=N/O)C(=O)c1c(F)ccc(C)c1F. The number of carbonyl (C=O) groups excluding carboxylic acids is 1. The number of amides is 1. The zero-order valence-electron chi connectivity index (χ0n) is 11.4. The minimum atomic E-state index is -0.902. The molecule has 0 heterocycles. The lowest BCUT2D eigenvalue weighted by Gasteiger charge is -2.21. The molecule has 0 radical (unpaired) electrons. The maximum atomic E-state index is 13.9. The number of nitrogens with two attached hydrogens (primary N) is 1. The molecule has 1 rings (SSSR count). The standard InChI is InChI=1S/C13H17F2N3O2/c1-3-18(7-6-10(16)17-20)13(19)11-9(14)5-4-8(2)12(11)15/h4-5,20H,3,6-7H2,1-2H3,(H2,16,17). The van der Waals surface area contributed by atoms with E-state index in [2.05, 4.69) is 5.16 Å². The Hall–Kier alpha value is -2.18. The summed E-state index contributed by atoms with van der Waals surface area (Å²) in [6, 6.07) is 2.33. The number of rotatable bonds is 5. The summed E-state index contributed by atoms with van der Waals surface area (Å²) >= 11 is 0. The molecule has 5 nitrogen and oxygen atoms in total. The lowest BCUT2D eigenvalue weighted by Crippen LogP contribution is -2.35. The van der Waals surface area contributed by atoms with Crippen LogP contribution in [0.5, 0.6) is 0 Å². The molecule has 20 heavy (non-hydrogen) atoms. The summed E-state index contributed by atoms with van der Waals surface area (Å²) in [6.07, 6.45) is 0.116. The van der Waals surface area contributed by atoms with Crippen molar-refractivity contribution < 1.29 is 18.8 Å². The van der Waals surface area contributed by atoms with Gasteiger partial charge in [-0.05, 0) is 25.5 Å². The molecule has 1 aromatic carbocycles. The first-order valence-corrected chi connectivity index (χ1v) is 6.12. The molecular formula is C13H17F2N3O2. The minimum Gasteiger partial charge on any atom is -0.409 e. The van der Waals surface area contributed by atoms with Gasteiger partial charge in [-0.3, -0.25) is 4.79 Å². The molecule has 0 aliphatic rings. The Bertz CT molecular complexity index is 533.